The lowest BCUT2D eigenvalue weighted by atomic mass is 10.1. The fraction of sp³-hybridized carbons (Fsp3) is 0.462. The van der Waals surface area contributed by atoms with Gasteiger partial charge < -0.3 is 15.6 Å². The number of hydrogen-bond acceptors (Lipinski definition) is 5. The summed E-state index contributed by atoms with van der Waals surface area (Å²) in [7, 11) is 0. The van der Waals surface area contributed by atoms with Crippen LogP contribution in [0.5, 0.6) is 0 Å². The zero-order valence-corrected chi connectivity index (χ0v) is 11.3. The first-order chi connectivity index (χ1) is 9.52. The molecular weight excluding hydrogens is 262 g/mol. The summed E-state index contributed by atoms with van der Waals surface area (Å²) in [5.74, 6) is -0.717. The maximum Gasteiger partial charge on any atom is 0.412 e. The molecule has 0 bridgehead atoms. The number of carboxylic acids is 1. The fourth-order valence-corrected chi connectivity index (χ4v) is 1.41. The van der Waals surface area contributed by atoms with E-state index >= 15 is 0 Å². The number of carbonyl (C=O) groups excluding carboxylic acids is 1. The minimum atomic E-state index is -1.06. The van der Waals surface area contributed by atoms with Crippen molar-refractivity contribution < 1.29 is 19.4 Å². The second kappa shape index (κ2) is 8.11. The molecule has 0 aromatic carbocycles. The van der Waals surface area contributed by atoms with Gasteiger partial charge in [-0.2, -0.15) is 0 Å². The lowest BCUT2D eigenvalue weighted by molar-refractivity contribution is -0.138. The Hall–Kier alpha value is -2.15. The summed E-state index contributed by atoms with van der Waals surface area (Å²) in [6.45, 7) is 2.37. The highest BCUT2D eigenvalue weighted by molar-refractivity contribution is 5.83. The standard InChI is InChI=1S/C13H19N3O4/c1-2-3-6-20-13(19)16-11-5-4-9(8-15-11)7-10(14)12(17)18/h4-5,8,10H,2-3,6-7,14H2,1H3,(H,17,18)(H,15,16,19)/t10-/m0/s1. The summed E-state index contributed by atoms with van der Waals surface area (Å²) in [5.41, 5.74) is 6.10. The van der Waals surface area contributed by atoms with Gasteiger partial charge in [0.25, 0.3) is 0 Å². The van der Waals surface area contributed by atoms with Crippen molar-refractivity contribution in [3.63, 3.8) is 0 Å². The molecule has 0 aliphatic carbocycles. The van der Waals surface area contributed by atoms with Crippen LogP contribution < -0.4 is 11.1 Å². The average molecular weight is 281 g/mol. The number of aliphatic carboxylic acids is 1. The molecule has 0 saturated heterocycles. The number of carbonyl (C=O) groups is 2. The van der Waals surface area contributed by atoms with Gasteiger partial charge in [-0.05, 0) is 24.5 Å². The number of pyridine rings is 1. The number of rotatable bonds is 7. The van der Waals surface area contributed by atoms with E-state index in [1.54, 1.807) is 12.1 Å². The van der Waals surface area contributed by atoms with E-state index in [0.29, 0.717) is 18.0 Å². The van der Waals surface area contributed by atoms with Crippen molar-refractivity contribution in [3.8, 4) is 0 Å². The van der Waals surface area contributed by atoms with Gasteiger partial charge in [-0.1, -0.05) is 19.4 Å². The quantitative estimate of drug-likeness (QED) is 0.650. The maximum atomic E-state index is 11.4. The summed E-state index contributed by atoms with van der Waals surface area (Å²) < 4.78 is 4.92. The number of nitrogens with one attached hydrogen (secondary N) is 1. The molecule has 0 radical (unpaired) electrons. The Kier molecular flexibility index (Phi) is 6.45. The molecule has 7 heteroatoms. The SMILES string of the molecule is CCCCOC(=O)Nc1ccc(C[C@H](N)C(=O)O)cn1. The summed E-state index contributed by atoms with van der Waals surface area (Å²) in [6, 6.07) is 2.28. The van der Waals surface area contributed by atoms with E-state index in [1.807, 2.05) is 6.92 Å². The molecule has 0 unspecified atom stereocenters. The van der Waals surface area contributed by atoms with E-state index in [-0.39, 0.29) is 6.42 Å². The van der Waals surface area contributed by atoms with Crippen LogP contribution in [0.25, 0.3) is 0 Å². The number of aromatic nitrogens is 1. The van der Waals surface area contributed by atoms with Crippen LogP contribution in [-0.4, -0.2) is 34.8 Å². The molecule has 1 atom stereocenters. The number of anilines is 1. The molecule has 0 spiro atoms. The third-order valence-electron chi connectivity index (χ3n) is 2.56. The van der Waals surface area contributed by atoms with Crippen LogP contribution in [0.15, 0.2) is 18.3 Å². The predicted octanol–water partition coefficient (Wildman–Crippen LogP) is 1.38. The van der Waals surface area contributed by atoms with E-state index < -0.39 is 18.1 Å². The highest BCUT2D eigenvalue weighted by atomic mass is 16.5. The Morgan fingerprint density at radius 1 is 1.50 bits per heavy atom. The van der Waals surface area contributed by atoms with Gasteiger partial charge in [0.15, 0.2) is 0 Å². The summed E-state index contributed by atoms with van der Waals surface area (Å²) in [4.78, 5) is 26.0. The molecule has 20 heavy (non-hydrogen) atoms. The molecular formula is C13H19N3O4. The van der Waals surface area contributed by atoms with Crippen LogP contribution in [0.4, 0.5) is 10.6 Å². The number of carboxylic acid groups (broad SMARTS) is 1. The number of nitrogens with zero attached hydrogens (tertiary/aromatic N) is 1. The highest BCUT2D eigenvalue weighted by Gasteiger charge is 2.12. The van der Waals surface area contributed by atoms with E-state index in [4.69, 9.17) is 15.6 Å². The van der Waals surface area contributed by atoms with E-state index in [9.17, 15) is 9.59 Å². The lowest BCUT2D eigenvalue weighted by Crippen LogP contribution is -2.32. The third kappa shape index (κ3) is 5.66. The van der Waals surface area contributed by atoms with E-state index in [0.717, 1.165) is 12.8 Å². The minimum absolute atomic E-state index is 0.184. The first-order valence-electron chi connectivity index (χ1n) is 6.40. The number of unbranched alkanes of at least 4 members (excludes halogenated alkanes) is 1. The van der Waals surface area contributed by atoms with E-state index in [2.05, 4.69) is 10.3 Å². The van der Waals surface area contributed by atoms with Gasteiger partial charge in [0, 0.05) is 6.20 Å². The zero-order chi connectivity index (χ0) is 15.0. The molecule has 110 valence electrons. The van der Waals surface area contributed by atoms with Crippen molar-refractivity contribution in [2.24, 2.45) is 5.73 Å². The molecule has 0 aliphatic heterocycles. The molecule has 1 rings (SSSR count). The molecule has 7 nitrogen and oxygen atoms in total. The fourth-order valence-electron chi connectivity index (χ4n) is 1.41. The molecule has 0 saturated carbocycles. The maximum absolute atomic E-state index is 11.4. The van der Waals surface area contributed by atoms with Gasteiger partial charge in [0.05, 0.1) is 6.61 Å². The third-order valence-corrected chi connectivity index (χ3v) is 2.56. The monoisotopic (exact) mass is 281 g/mol. The van der Waals surface area contributed by atoms with Gasteiger partial charge >= 0.3 is 12.1 Å². The van der Waals surface area contributed by atoms with Gasteiger partial charge in [0.2, 0.25) is 0 Å². The normalized spacial score (nSPS) is 11.7. The molecule has 1 aromatic heterocycles. The van der Waals surface area contributed by atoms with E-state index in [1.165, 1.54) is 6.20 Å². The topological polar surface area (TPSA) is 115 Å². The van der Waals surface area contributed by atoms with Gasteiger partial charge in [-0.15, -0.1) is 0 Å². The minimum Gasteiger partial charge on any atom is -0.480 e. The average Bonchev–Trinajstić information content (AvgIpc) is 2.41. The van der Waals surface area contributed by atoms with Gasteiger partial charge in [-0.25, -0.2) is 9.78 Å². The molecule has 0 aliphatic rings. The Bertz CT molecular complexity index is 447. The van der Waals surface area contributed by atoms with Gasteiger partial charge in [0.1, 0.15) is 11.9 Å². The second-order valence-corrected chi connectivity index (χ2v) is 4.32. The van der Waals surface area contributed by atoms with Crippen molar-refractivity contribution in [1.82, 2.24) is 4.98 Å². The molecule has 1 amide bonds. The zero-order valence-electron chi connectivity index (χ0n) is 11.3. The van der Waals surface area contributed by atoms with Crippen molar-refractivity contribution in [2.45, 2.75) is 32.2 Å². The Labute approximate surface area is 117 Å². The van der Waals surface area contributed by atoms with Crippen molar-refractivity contribution in [1.29, 1.82) is 0 Å². The molecule has 1 heterocycles. The van der Waals surface area contributed by atoms with Crippen LogP contribution in [0.2, 0.25) is 0 Å². The smallest absolute Gasteiger partial charge is 0.412 e. The Morgan fingerprint density at radius 3 is 2.80 bits per heavy atom. The molecule has 1 aromatic rings. The Balaban J connectivity index is 2.46. The van der Waals surface area contributed by atoms with Crippen LogP contribution >= 0.6 is 0 Å². The lowest BCUT2D eigenvalue weighted by Gasteiger charge is -2.08. The predicted molar refractivity (Wildman–Crippen MR) is 73.4 cm³/mol. The summed E-state index contributed by atoms with van der Waals surface area (Å²) in [6.07, 6.45) is 2.87. The van der Waals surface area contributed by atoms with Crippen LogP contribution in [0, 0.1) is 0 Å². The van der Waals surface area contributed by atoms with Crippen molar-refractivity contribution >= 4 is 17.9 Å². The second-order valence-electron chi connectivity index (χ2n) is 4.32. The van der Waals surface area contributed by atoms with Crippen LogP contribution in [0.3, 0.4) is 0 Å². The van der Waals surface area contributed by atoms with Gasteiger partial charge in [-0.3, -0.25) is 10.1 Å². The summed E-state index contributed by atoms with van der Waals surface area (Å²) in [5, 5.41) is 11.2. The molecule has 0 fully saturated rings. The summed E-state index contributed by atoms with van der Waals surface area (Å²) >= 11 is 0. The number of amides is 1. The number of ether oxygens (including phenoxy) is 1. The Morgan fingerprint density at radius 2 is 2.25 bits per heavy atom. The van der Waals surface area contributed by atoms with Crippen LogP contribution in [-0.2, 0) is 16.0 Å². The first kappa shape index (κ1) is 15.9. The number of nitrogens with two attached hydrogens (primary N) is 1. The number of hydrogen-bond donors (Lipinski definition) is 3. The van der Waals surface area contributed by atoms with Crippen LogP contribution in [0.1, 0.15) is 25.3 Å². The highest BCUT2D eigenvalue weighted by Crippen LogP contribution is 2.07. The van der Waals surface area contributed by atoms with Crippen molar-refractivity contribution in [3.05, 3.63) is 23.9 Å². The first-order valence-corrected chi connectivity index (χ1v) is 6.40. The largest absolute Gasteiger partial charge is 0.480 e. The molecule has 4 N–H and O–H groups in total. The van der Waals surface area contributed by atoms with Crippen molar-refractivity contribution in [2.75, 3.05) is 11.9 Å².